The second-order valence-electron chi connectivity index (χ2n) is 7.63. The molecule has 0 aliphatic carbocycles. The van der Waals surface area contributed by atoms with Gasteiger partial charge >= 0.3 is 5.97 Å². The summed E-state index contributed by atoms with van der Waals surface area (Å²) >= 11 is 0. The van der Waals surface area contributed by atoms with Gasteiger partial charge in [-0.05, 0) is 56.9 Å². The van der Waals surface area contributed by atoms with Crippen molar-refractivity contribution in [3.8, 4) is 5.75 Å². The fourth-order valence-corrected chi connectivity index (χ4v) is 5.34. The summed E-state index contributed by atoms with van der Waals surface area (Å²) in [7, 11) is -3.48. The lowest BCUT2D eigenvalue weighted by atomic mass is 9.97. The maximum Gasteiger partial charge on any atom is 0.309 e. The molecule has 2 heterocycles. The molecule has 9 heteroatoms. The van der Waals surface area contributed by atoms with Crippen LogP contribution in [0, 0.1) is 5.92 Å². The summed E-state index contributed by atoms with van der Waals surface area (Å²) in [4.78, 5) is 26.1. The number of likely N-dealkylation sites (tertiary alicyclic amines) is 1. The molecular formula is C21H30N2O6S. The van der Waals surface area contributed by atoms with Crippen molar-refractivity contribution in [1.82, 2.24) is 9.21 Å². The van der Waals surface area contributed by atoms with Gasteiger partial charge in [-0.25, -0.2) is 8.42 Å². The summed E-state index contributed by atoms with van der Waals surface area (Å²) in [5.41, 5.74) is 0. The number of amides is 1. The largest absolute Gasteiger partial charge is 0.484 e. The molecule has 0 spiro atoms. The lowest BCUT2D eigenvalue weighted by Crippen LogP contribution is -2.42. The first-order valence-corrected chi connectivity index (χ1v) is 12.0. The van der Waals surface area contributed by atoms with Crippen molar-refractivity contribution < 1.29 is 27.5 Å². The number of benzene rings is 1. The van der Waals surface area contributed by atoms with E-state index in [1.54, 1.807) is 24.0 Å². The first-order valence-electron chi connectivity index (χ1n) is 10.6. The van der Waals surface area contributed by atoms with Gasteiger partial charge in [-0.3, -0.25) is 9.59 Å². The topological polar surface area (TPSA) is 93.2 Å². The number of hydrogen-bond donors (Lipinski definition) is 0. The molecule has 0 bridgehead atoms. The van der Waals surface area contributed by atoms with Crippen LogP contribution < -0.4 is 4.74 Å². The minimum atomic E-state index is -3.48. The van der Waals surface area contributed by atoms with Gasteiger partial charge in [-0.1, -0.05) is 6.42 Å². The fraction of sp³-hybridized carbons (Fsp3) is 0.619. The van der Waals surface area contributed by atoms with E-state index in [0.717, 1.165) is 19.3 Å². The molecule has 1 aromatic carbocycles. The smallest absolute Gasteiger partial charge is 0.309 e. The molecule has 2 saturated heterocycles. The summed E-state index contributed by atoms with van der Waals surface area (Å²) in [5, 5.41) is 0. The maximum atomic E-state index is 12.7. The van der Waals surface area contributed by atoms with Gasteiger partial charge < -0.3 is 14.4 Å². The van der Waals surface area contributed by atoms with E-state index in [4.69, 9.17) is 9.47 Å². The normalized spacial score (nSPS) is 18.8. The maximum absolute atomic E-state index is 12.7. The van der Waals surface area contributed by atoms with Crippen molar-refractivity contribution in [2.75, 3.05) is 39.4 Å². The highest BCUT2D eigenvalue weighted by Gasteiger charge is 2.28. The van der Waals surface area contributed by atoms with Crippen molar-refractivity contribution in [2.24, 2.45) is 5.92 Å². The monoisotopic (exact) mass is 438 g/mol. The molecule has 0 atom stereocenters. The average Bonchev–Trinajstić information content (AvgIpc) is 2.78. The molecule has 8 nitrogen and oxygen atoms in total. The van der Waals surface area contributed by atoms with Crippen LogP contribution in [0.2, 0.25) is 0 Å². The molecular weight excluding hydrogens is 408 g/mol. The van der Waals surface area contributed by atoms with Crippen LogP contribution in [0.3, 0.4) is 0 Å². The number of carbonyl (C=O) groups is 2. The third-order valence-electron chi connectivity index (χ3n) is 5.61. The summed E-state index contributed by atoms with van der Waals surface area (Å²) < 4.78 is 37.5. The number of piperidine rings is 2. The number of ether oxygens (including phenoxy) is 2. The second kappa shape index (κ2) is 10.3. The van der Waals surface area contributed by atoms with E-state index in [9.17, 15) is 18.0 Å². The molecule has 30 heavy (non-hydrogen) atoms. The Morgan fingerprint density at radius 1 is 1.00 bits per heavy atom. The van der Waals surface area contributed by atoms with Gasteiger partial charge in [0.1, 0.15) is 5.75 Å². The van der Waals surface area contributed by atoms with Gasteiger partial charge in [0, 0.05) is 26.2 Å². The van der Waals surface area contributed by atoms with Crippen LogP contribution in [0.25, 0.3) is 0 Å². The Hall–Kier alpha value is -2.13. The number of hydrogen-bond acceptors (Lipinski definition) is 6. The van der Waals surface area contributed by atoms with Crippen LogP contribution >= 0.6 is 0 Å². The Bertz CT molecular complexity index is 826. The highest BCUT2D eigenvalue weighted by atomic mass is 32.2. The number of nitrogens with zero attached hydrogens (tertiary/aromatic N) is 2. The van der Waals surface area contributed by atoms with Gasteiger partial charge in [0.2, 0.25) is 10.0 Å². The van der Waals surface area contributed by atoms with Crippen molar-refractivity contribution in [3.63, 3.8) is 0 Å². The van der Waals surface area contributed by atoms with E-state index in [0.29, 0.717) is 51.4 Å². The van der Waals surface area contributed by atoms with Crippen LogP contribution in [-0.4, -0.2) is 68.9 Å². The molecule has 3 rings (SSSR count). The number of carbonyl (C=O) groups excluding carboxylic acids is 2. The summed E-state index contributed by atoms with van der Waals surface area (Å²) in [6.45, 7) is 4.14. The minimum Gasteiger partial charge on any atom is -0.484 e. The second-order valence-corrected chi connectivity index (χ2v) is 9.57. The number of esters is 1. The van der Waals surface area contributed by atoms with E-state index in [-0.39, 0.29) is 29.3 Å². The number of sulfonamides is 1. The zero-order valence-electron chi connectivity index (χ0n) is 17.4. The molecule has 2 fully saturated rings. The molecule has 0 saturated carbocycles. The SMILES string of the molecule is CCOC(=O)C1CCN(C(=O)COc2ccc(S(=O)(=O)N3CCCCC3)cc2)CC1. The van der Waals surface area contributed by atoms with Crippen LogP contribution in [0.1, 0.15) is 39.0 Å². The van der Waals surface area contributed by atoms with Gasteiger partial charge in [0.25, 0.3) is 5.91 Å². The number of rotatable bonds is 7. The van der Waals surface area contributed by atoms with Crippen molar-refractivity contribution >= 4 is 21.9 Å². The van der Waals surface area contributed by atoms with E-state index >= 15 is 0 Å². The molecule has 0 unspecified atom stereocenters. The highest BCUT2D eigenvalue weighted by Crippen LogP contribution is 2.23. The Morgan fingerprint density at radius 3 is 2.23 bits per heavy atom. The van der Waals surface area contributed by atoms with E-state index < -0.39 is 10.0 Å². The Labute approximate surface area is 178 Å². The summed E-state index contributed by atoms with van der Waals surface area (Å²) in [5.74, 6) is -0.0468. The van der Waals surface area contributed by atoms with Crippen LogP contribution in [0.4, 0.5) is 0 Å². The third kappa shape index (κ3) is 5.51. The zero-order chi connectivity index (χ0) is 21.6. The van der Waals surface area contributed by atoms with Gasteiger partial charge in [-0.15, -0.1) is 0 Å². The van der Waals surface area contributed by atoms with Gasteiger partial charge in [-0.2, -0.15) is 4.31 Å². The fourth-order valence-electron chi connectivity index (χ4n) is 3.82. The van der Waals surface area contributed by atoms with Crippen molar-refractivity contribution in [3.05, 3.63) is 24.3 Å². The Morgan fingerprint density at radius 2 is 1.63 bits per heavy atom. The predicted octanol–water partition coefficient (Wildman–Crippen LogP) is 2.04. The average molecular weight is 439 g/mol. The zero-order valence-corrected chi connectivity index (χ0v) is 18.2. The molecule has 166 valence electrons. The minimum absolute atomic E-state index is 0.123. The summed E-state index contributed by atoms with van der Waals surface area (Å²) in [6, 6.07) is 6.21. The van der Waals surface area contributed by atoms with Crippen molar-refractivity contribution in [1.29, 1.82) is 0 Å². The predicted molar refractivity (Wildman–Crippen MR) is 110 cm³/mol. The Kier molecular flexibility index (Phi) is 7.71. The van der Waals surface area contributed by atoms with Crippen molar-refractivity contribution in [2.45, 2.75) is 43.9 Å². The quantitative estimate of drug-likeness (QED) is 0.605. The molecule has 0 N–H and O–H groups in total. The first kappa shape index (κ1) is 22.6. The van der Waals surface area contributed by atoms with Crippen LogP contribution in [0.15, 0.2) is 29.2 Å². The van der Waals surface area contributed by atoms with E-state index in [1.165, 1.54) is 16.4 Å². The molecule has 0 radical (unpaired) electrons. The van der Waals surface area contributed by atoms with Gasteiger partial charge in [0.05, 0.1) is 17.4 Å². The third-order valence-corrected chi connectivity index (χ3v) is 7.52. The van der Waals surface area contributed by atoms with E-state index in [1.807, 2.05) is 0 Å². The molecule has 2 aliphatic rings. The highest BCUT2D eigenvalue weighted by molar-refractivity contribution is 7.89. The first-order chi connectivity index (χ1) is 14.4. The van der Waals surface area contributed by atoms with Gasteiger partial charge in [0.15, 0.2) is 6.61 Å². The standard InChI is InChI=1S/C21H30N2O6S/c1-2-28-21(25)17-10-14-22(15-11-17)20(24)16-29-18-6-8-19(9-7-18)30(26,27)23-12-4-3-5-13-23/h6-9,17H,2-5,10-16H2,1H3. The van der Waals surface area contributed by atoms with Crippen LogP contribution in [0.5, 0.6) is 5.75 Å². The Balaban J connectivity index is 1.48. The molecule has 0 aromatic heterocycles. The molecule has 1 amide bonds. The lowest BCUT2D eigenvalue weighted by molar-refractivity contribution is -0.151. The lowest BCUT2D eigenvalue weighted by Gasteiger charge is -2.30. The molecule has 1 aromatic rings. The molecule has 2 aliphatic heterocycles. The van der Waals surface area contributed by atoms with E-state index in [2.05, 4.69) is 0 Å². The summed E-state index contributed by atoms with van der Waals surface area (Å²) in [6.07, 6.45) is 4.02. The van der Waals surface area contributed by atoms with Crippen LogP contribution in [-0.2, 0) is 24.3 Å².